The molecule has 0 spiro atoms. The quantitative estimate of drug-likeness (QED) is 0.808. The lowest BCUT2D eigenvalue weighted by Gasteiger charge is -2.36. The van der Waals surface area contributed by atoms with Crippen molar-refractivity contribution < 1.29 is 8.42 Å². The Labute approximate surface area is 128 Å². The molecule has 1 heterocycles. The number of pyridine rings is 1. The number of aromatic nitrogens is 1. The Kier molecular flexibility index (Phi) is 5.38. The molecular formula is C16H26N2O2S. The van der Waals surface area contributed by atoms with E-state index in [2.05, 4.69) is 11.9 Å². The van der Waals surface area contributed by atoms with Crippen molar-refractivity contribution >= 4 is 10.0 Å². The lowest BCUT2D eigenvalue weighted by molar-refractivity contribution is 0.243. The Morgan fingerprint density at radius 2 is 2.00 bits per heavy atom. The van der Waals surface area contributed by atoms with Crippen LogP contribution in [0.4, 0.5) is 0 Å². The summed E-state index contributed by atoms with van der Waals surface area (Å²) in [5.74, 6) is 0. The highest BCUT2D eigenvalue weighted by Crippen LogP contribution is 2.36. The molecule has 2 rings (SSSR count). The van der Waals surface area contributed by atoms with E-state index in [9.17, 15) is 8.42 Å². The molecule has 0 aliphatic heterocycles. The van der Waals surface area contributed by atoms with Gasteiger partial charge in [0.05, 0.1) is 11.3 Å². The third kappa shape index (κ3) is 3.46. The van der Waals surface area contributed by atoms with E-state index in [0.717, 1.165) is 37.7 Å². The Morgan fingerprint density at radius 1 is 1.33 bits per heavy atom. The van der Waals surface area contributed by atoms with Gasteiger partial charge >= 0.3 is 0 Å². The Bertz CT molecular complexity index is 537. The molecule has 1 saturated carbocycles. The third-order valence-corrected chi connectivity index (χ3v) is 6.67. The highest BCUT2D eigenvalue weighted by atomic mass is 32.2. The zero-order valence-electron chi connectivity index (χ0n) is 13.2. The number of hydrogen-bond donors (Lipinski definition) is 0. The highest BCUT2D eigenvalue weighted by Gasteiger charge is 2.39. The van der Waals surface area contributed by atoms with Gasteiger partial charge in [0.1, 0.15) is 0 Å². The van der Waals surface area contributed by atoms with Gasteiger partial charge in [-0.2, -0.15) is 4.31 Å². The van der Waals surface area contributed by atoms with Crippen LogP contribution in [0.1, 0.15) is 64.5 Å². The monoisotopic (exact) mass is 310 g/mol. The predicted octanol–water partition coefficient (Wildman–Crippen LogP) is 3.52. The van der Waals surface area contributed by atoms with Crippen molar-refractivity contribution in [3.63, 3.8) is 0 Å². The zero-order chi connectivity index (χ0) is 15.5. The largest absolute Gasteiger partial charge is 0.264 e. The van der Waals surface area contributed by atoms with Crippen molar-refractivity contribution in [2.45, 2.75) is 70.2 Å². The molecule has 1 atom stereocenters. The van der Waals surface area contributed by atoms with Gasteiger partial charge in [-0.15, -0.1) is 0 Å². The summed E-state index contributed by atoms with van der Waals surface area (Å²) < 4.78 is 27.6. The van der Waals surface area contributed by atoms with Crippen molar-refractivity contribution in [1.29, 1.82) is 0 Å². The van der Waals surface area contributed by atoms with E-state index >= 15 is 0 Å². The van der Waals surface area contributed by atoms with Gasteiger partial charge in [-0.05, 0) is 44.7 Å². The summed E-state index contributed by atoms with van der Waals surface area (Å²) in [4.78, 5) is 4.17. The van der Waals surface area contributed by atoms with E-state index in [0.29, 0.717) is 0 Å². The molecule has 4 nitrogen and oxygen atoms in total. The fourth-order valence-corrected chi connectivity index (χ4v) is 4.92. The van der Waals surface area contributed by atoms with Crippen molar-refractivity contribution in [2.24, 2.45) is 0 Å². The number of nitrogens with zero attached hydrogens (tertiary/aromatic N) is 2. The fraction of sp³-hybridized carbons (Fsp3) is 0.688. The van der Waals surface area contributed by atoms with Crippen molar-refractivity contribution in [2.75, 3.05) is 0 Å². The second-order valence-electron chi connectivity index (χ2n) is 6.07. The molecular weight excluding hydrogens is 284 g/mol. The second kappa shape index (κ2) is 6.88. The van der Waals surface area contributed by atoms with Crippen LogP contribution in [0.5, 0.6) is 0 Å². The van der Waals surface area contributed by atoms with Crippen LogP contribution in [0.15, 0.2) is 24.5 Å². The van der Waals surface area contributed by atoms with Gasteiger partial charge in [-0.1, -0.05) is 25.8 Å². The molecule has 0 radical (unpaired) electrons. The van der Waals surface area contributed by atoms with Gasteiger partial charge in [-0.3, -0.25) is 4.98 Å². The normalized spacial score (nSPS) is 18.5. The molecule has 1 aliphatic rings. The fourth-order valence-electron chi connectivity index (χ4n) is 3.18. The van der Waals surface area contributed by atoms with Crippen LogP contribution < -0.4 is 0 Å². The second-order valence-corrected chi connectivity index (χ2v) is 8.47. The summed E-state index contributed by atoms with van der Waals surface area (Å²) in [6.45, 7) is 5.59. The third-order valence-electron chi connectivity index (χ3n) is 4.34. The van der Waals surface area contributed by atoms with E-state index in [1.807, 2.05) is 12.1 Å². The summed E-state index contributed by atoms with van der Waals surface area (Å²) >= 11 is 0. The summed E-state index contributed by atoms with van der Waals surface area (Å²) in [7, 11) is -3.28. The Balaban J connectivity index is 2.42. The van der Waals surface area contributed by atoms with E-state index in [4.69, 9.17) is 0 Å². The van der Waals surface area contributed by atoms with Crippen molar-refractivity contribution in [3.05, 3.63) is 30.1 Å². The molecule has 5 heteroatoms. The Morgan fingerprint density at radius 3 is 2.48 bits per heavy atom. The van der Waals surface area contributed by atoms with Crippen LogP contribution in [0.25, 0.3) is 0 Å². The van der Waals surface area contributed by atoms with Gasteiger partial charge in [0.25, 0.3) is 0 Å². The molecule has 0 amide bonds. The van der Waals surface area contributed by atoms with E-state index in [1.165, 1.54) is 0 Å². The number of sulfonamides is 1. The average molecular weight is 310 g/mol. The van der Waals surface area contributed by atoms with E-state index in [1.54, 1.807) is 30.5 Å². The molecule has 0 aromatic carbocycles. The molecule has 21 heavy (non-hydrogen) atoms. The molecule has 1 aromatic rings. The standard InChI is InChI=1S/C16H26N2O2S/c1-4-16(14-8-7-11-17-12-14)18(15-9-5-6-10-15)21(19,20)13(2)3/h7-8,11-13,15-16H,4-6,9-10H2,1-3H3. The molecule has 1 aliphatic carbocycles. The molecule has 118 valence electrons. The summed E-state index contributed by atoms with van der Waals surface area (Å²) in [6.07, 6.45) is 8.50. The molecule has 1 aromatic heterocycles. The zero-order valence-corrected chi connectivity index (χ0v) is 14.0. The molecule has 1 unspecified atom stereocenters. The van der Waals surface area contributed by atoms with Gasteiger partial charge in [-0.25, -0.2) is 8.42 Å². The van der Waals surface area contributed by atoms with Gasteiger partial charge in [0.15, 0.2) is 0 Å². The topological polar surface area (TPSA) is 50.3 Å². The van der Waals surface area contributed by atoms with Crippen molar-refractivity contribution in [1.82, 2.24) is 9.29 Å². The van der Waals surface area contributed by atoms with Crippen LogP contribution >= 0.6 is 0 Å². The molecule has 1 fully saturated rings. The summed E-state index contributed by atoms with van der Waals surface area (Å²) in [6, 6.07) is 3.91. The first-order valence-corrected chi connectivity index (χ1v) is 9.41. The molecule has 0 bridgehead atoms. The highest BCUT2D eigenvalue weighted by molar-refractivity contribution is 7.89. The number of rotatable bonds is 6. The van der Waals surface area contributed by atoms with E-state index in [-0.39, 0.29) is 17.3 Å². The SMILES string of the molecule is CCC(c1cccnc1)N(C1CCCC1)S(=O)(=O)C(C)C. The van der Waals surface area contributed by atoms with Crippen LogP contribution in [0.2, 0.25) is 0 Å². The van der Waals surface area contributed by atoms with Gasteiger partial charge < -0.3 is 0 Å². The molecule has 0 saturated heterocycles. The molecule has 0 N–H and O–H groups in total. The minimum absolute atomic E-state index is 0.103. The average Bonchev–Trinajstić information content (AvgIpc) is 2.98. The van der Waals surface area contributed by atoms with Gasteiger partial charge in [0, 0.05) is 18.4 Å². The minimum Gasteiger partial charge on any atom is -0.264 e. The lowest BCUT2D eigenvalue weighted by Crippen LogP contribution is -2.44. The lowest BCUT2D eigenvalue weighted by atomic mass is 10.0. The first-order chi connectivity index (χ1) is 9.98. The first kappa shape index (κ1) is 16.4. The maximum Gasteiger partial charge on any atom is 0.217 e. The van der Waals surface area contributed by atoms with Crippen LogP contribution in [-0.2, 0) is 10.0 Å². The summed E-state index contributed by atoms with van der Waals surface area (Å²) in [5, 5.41) is -0.385. The number of hydrogen-bond acceptors (Lipinski definition) is 3. The minimum atomic E-state index is -3.28. The predicted molar refractivity (Wildman–Crippen MR) is 85.4 cm³/mol. The maximum absolute atomic E-state index is 12.9. The van der Waals surface area contributed by atoms with Crippen LogP contribution in [0, 0.1) is 0 Å². The smallest absolute Gasteiger partial charge is 0.217 e. The van der Waals surface area contributed by atoms with E-state index < -0.39 is 10.0 Å². The summed E-state index contributed by atoms with van der Waals surface area (Å²) in [5.41, 5.74) is 0.996. The first-order valence-electron chi connectivity index (χ1n) is 7.90. The Hall–Kier alpha value is -0.940. The van der Waals surface area contributed by atoms with Crippen LogP contribution in [-0.4, -0.2) is 29.0 Å². The van der Waals surface area contributed by atoms with Gasteiger partial charge in [0.2, 0.25) is 10.0 Å². The van der Waals surface area contributed by atoms with Crippen LogP contribution in [0.3, 0.4) is 0 Å². The van der Waals surface area contributed by atoms with Crippen molar-refractivity contribution in [3.8, 4) is 0 Å². The maximum atomic E-state index is 12.9.